The summed E-state index contributed by atoms with van der Waals surface area (Å²) in [6, 6.07) is 0. The minimum absolute atomic E-state index is 0.109. The number of hydrogen-bond acceptors (Lipinski definition) is 4. The number of aliphatic hydroxyl groups is 1. The Morgan fingerprint density at radius 3 is 2.72 bits per heavy atom. The lowest BCUT2D eigenvalue weighted by Gasteiger charge is -2.31. The van der Waals surface area contributed by atoms with Crippen molar-refractivity contribution in [3.63, 3.8) is 0 Å². The molecule has 0 spiro atoms. The standard InChI is InChI=1S/C13H20ClN3O/c1-3-4-11-16-12(14)8(2)13(17-11)15-7-9-5-10(18)6-9/h9-10,18H,3-7H2,1-2H3,(H,15,16,17). The van der Waals surface area contributed by atoms with Gasteiger partial charge in [-0.1, -0.05) is 18.5 Å². The van der Waals surface area contributed by atoms with Crippen LogP contribution >= 0.6 is 11.6 Å². The van der Waals surface area contributed by atoms with Crippen LogP contribution in [-0.2, 0) is 6.42 Å². The van der Waals surface area contributed by atoms with Crippen LogP contribution in [0.4, 0.5) is 5.82 Å². The van der Waals surface area contributed by atoms with Gasteiger partial charge in [0, 0.05) is 18.5 Å². The van der Waals surface area contributed by atoms with Crippen LogP contribution in [0.25, 0.3) is 0 Å². The van der Waals surface area contributed by atoms with Crippen LogP contribution in [0.3, 0.4) is 0 Å². The van der Waals surface area contributed by atoms with E-state index < -0.39 is 0 Å². The molecule has 0 aliphatic heterocycles. The number of nitrogens with one attached hydrogen (secondary N) is 1. The molecule has 18 heavy (non-hydrogen) atoms. The van der Waals surface area contributed by atoms with E-state index in [1.54, 1.807) is 0 Å². The van der Waals surface area contributed by atoms with Gasteiger partial charge in [0.15, 0.2) is 0 Å². The molecule has 1 aliphatic rings. The van der Waals surface area contributed by atoms with Crippen LogP contribution in [-0.4, -0.2) is 27.7 Å². The van der Waals surface area contributed by atoms with Crippen LogP contribution in [0.15, 0.2) is 0 Å². The fraction of sp³-hybridized carbons (Fsp3) is 0.692. The van der Waals surface area contributed by atoms with Crippen LogP contribution in [0.2, 0.25) is 5.15 Å². The first-order valence-corrected chi connectivity index (χ1v) is 6.93. The van der Waals surface area contributed by atoms with Crippen LogP contribution < -0.4 is 5.32 Å². The molecule has 4 nitrogen and oxygen atoms in total. The first-order valence-electron chi connectivity index (χ1n) is 6.55. The molecule has 100 valence electrons. The van der Waals surface area contributed by atoms with E-state index >= 15 is 0 Å². The van der Waals surface area contributed by atoms with E-state index in [0.717, 1.165) is 49.4 Å². The molecule has 5 heteroatoms. The van der Waals surface area contributed by atoms with Crippen molar-refractivity contribution in [2.45, 2.75) is 45.6 Å². The number of anilines is 1. The van der Waals surface area contributed by atoms with Gasteiger partial charge in [-0.05, 0) is 32.1 Å². The van der Waals surface area contributed by atoms with Gasteiger partial charge in [-0.2, -0.15) is 0 Å². The average Bonchev–Trinajstić information content (AvgIpc) is 2.29. The number of rotatable bonds is 5. The van der Waals surface area contributed by atoms with Crippen molar-refractivity contribution >= 4 is 17.4 Å². The van der Waals surface area contributed by atoms with Gasteiger partial charge in [-0.15, -0.1) is 0 Å². The Bertz CT molecular complexity index is 419. The van der Waals surface area contributed by atoms with E-state index in [9.17, 15) is 5.11 Å². The Balaban J connectivity index is 2.01. The van der Waals surface area contributed by atoms with E-state index in [0.29, 0.717) is 11.1 Å². The molecule has 1 aromatic rings. The van der Waals surface area contributed by atoms with Gasteiger partial charge in [0.05, 0.1) is 6.10 Å². The second-order valence-corrected chi connectivity index (χ2v) is 5.38. The number of aryl methyl sites for hydroxylation is 1. The molecule has 2 rings (SSSR count). The van der Waals surface area contributed by atoms with E-state index in [-0.39, 0.29) is 6.10 Å². The summed E-state index contributed by atoms with van der Waals surface area (Å²) in [4.78, 5) is 8.77. The fourth-order valence-corrected chi connectivity index (χ4v) is 2.34. The molecule has 0 amide bonds. The number of halogens is 1. The summed E-state index contributed by atoms with van der Waals surface area (Å²) in [6.45, 7) is 4.87. The van der Waals surface area contributed by atoms with Crippen LogP contribution in [0.5, 0.6) is 0 Å². The maximum atomic E-state index is 9.25. The molecule has 0 radical (unpaired) electrons. The number of hydrogen-bond donors (Lipinski definition) is 2. The topological polar surface area (TPSA) is 58.0 Å². The molecule has 1 aliphatic carbocycles. The van der Waals surface area contributed by atoms with Gasteiger partial charge >= 0.3 is 0 Å². The Morgan fingerprint density at radius 1 is 1.39 bits per heavy atom. The van der Waals surface area contributed by atoms with Gasteiger partial charge in [-0.25, -0.2) is 9.97 Å². The molecule has 0 unspecified atom stereocenters. The second-order valence-electron chi connectivity index (χ2n) is 5.03. The summed E-state index contributed by atoms with van der Waals surface area (Å²) in [7, 11) is 0. The Morgan fingerprint density at radius 2 is 2.11 bits per heavy atom. The lowest BCUT2D eigenvalue weighted by molar-refractivity contribution is 0.0486. The molecular weight excluding hydrogens is 250 g/mol. The first kappa shape index (κ1) is 13.6. The first-order chi connectivity index (χ1) is 8.60. The van der Waals surface area contributed by atoms with Crippen molar-refractivity contribution in [2.24, 2.45) is 5.92 Å². The normalized spacial score (nSPS) is 22.7. The minimum Gasteiger partial charge on any atom is -0.393 e. The molecule has 1 aromatic heterocycles. The van der Waals surface area contributed by atoms with Crippen molar-refractivity contribution < 1.29 is 5.11 Å². The van der Waals surface area contributed by atoms with Crippen LogP contribution in [0.1, 0.15) is 37.6 Å². The molecule has 1 fully saturated rings. The third-order valence-electron chi connectivity index (χ3n) is 3.38. The lowest BCUT2D eigenvalue weighted by Crippen LogP contribution is -2.33. The highest BCUT2D eigenvalue weighted by Gasteiger charge is 2.27. The zero-order valence-electron chi connectivity index (χ0n) is 10.9. The molecule has 1 saturated carbocycles. The predicted octanol–water partition coefficient (Wildman–Crippen LogP) is 2.57. The van der Waals surface area contributed by atoms with Gasteiger partial charge in [0.1, 0.15) is 16.8 Å². The summed E-state index contributed by atoms with van der Waals surface area (Å²) in [5.74, 6) is 2.17. The molecule has 1 heterocycles. The molecule has 0 aromatic carbocycles. The van der Waals surface area contributed by atoms with Crippen LogP contribution in [0, 0.1) is 12.8 Å². The summed E-state index contributed by atoms with van der Waals surface area (Å²) < 4.78 is 0. The Hall–Kier alpha value is -0.870. The molecule has 0 bridgehead atoms. The zero-order chi connectivity index (χ0) is 13.1. The highest BCUT2D eigenvalue weighted by atomic mass is 35.5. The third-order valence-corrected chi connectivity index (χ3v) is 3.74. The lowest BCUT2D eigenvalue weighted by atomic mass is 9.82. The van der Waals surface area contributed by atoms with Crippen molar-refractivity contribution in [1.29, 1.82) is 0 Å². The summed E-state index contributed by atoms with van der Waals surface area (Å²) in [6.07, 6.45) is 3.51. The monoisotopic (exact) mass is 269 g/mol. The third kappa shape index (κ3) is 3.12. The SMILES string of the molecule is CCCc1nc(Cl)c(C)c(NCC2CC(O)C2)n1. The largest absolute Gasteiger partial charge is 0.393 e. The van der Waals surface area contributed by atoms with Crippen molar-refractivity contribution in [1.82, 2.24) is 9.97 Å². The predicted molar refractivity (Wildman–Crippen MR) is 73.0 cm³/mol. The highest BCUT2D eigenvalue weighted by Crippen LogP contribution is 2.28. The van der Waals surface area contributed by atoms with Crippen molar-refractivity contribution in [2.75, 3.05) is 11.9 Å². The summed E-state index contributed by atoms with van der Waals surface area (Å²) in [5, 5.41) is 13.1. The number of aliphatic hydroxyl groups excluding tert-OH is 1. The number of nitrogens with zero attached hydrogens (tertiary/aromatic N) is 2. The van der Waals surface area contributed by atoms with E-state index in [4.69, 9.17) is 11.6 Å². The summed E-state index contributed by atoms with van der Waals surface area (Å²) >= 11 is 6.11. The smallest absolute Gasteiger partial charge is 0.137 e. The van der Waals surface area contributed by atoms with Gasteiger partial charge in [0.25, 0.3) is 0 Å². The second kappa shape index (κ2) is 5.85. The minimum atomic E-state index is -0.109. The van der Waals surface area contributed by atoms with Gasteiger partial charge in [-0.3, -0.25) is 0 Å². The Kier molecular flexibility index (Phi) is 4.40. The quantitative estimate of drug-likeness (QED) is 0.807. The molecular formula is C13H20ClN3O. The van der Waals surface area contributed by atoms with Gasteiger partial charge < -0.3 is 10.4 Å². The Labute approximate surface area is 113 Å². The van der Waals surface area contributed by atoms with E-state index in [2.05, 4.69) is 22.2 Å². The molecule has 0 atom stereocenters. The zero-order valence-corrected chi connectivity index (χ0v) is 11.7. The van der Waals surface area contributed by atoms with Crippen molar-refractivity contribution in [3.8, 4) is 0 Å². The highest BCUT2D eigenvalue weighted by molar-refractivity contribution is 6.30. The molecule has 0 saturated heterocycles. The van der Waals surface area contributed by atoms with Gasteiger partial charge in [0.2, 0.25) is 0 Å². The van der Waals surface area contributed by atoms with Crippen molar-refractivity contribution in [3.05, 3.63) is 16.5 Å². The maximum Gasteiger partial charge on any atom is 0.137 e. The maximum absolute atomic E-state index is 9.25. The fourth-order valence-electron chi connectivity index (χ4n) is 2.15. The summed E-state index contributed by atoms with van der Waals surface area (Å²) in [5.41, 5.74) is 0.899. The van der Waals surface area contributed by atoms with E-state index in [1.807, 2.05) is 6.92 Å². The van der Waals surface area contributed by atoms with E-state index in [1.165, 1.54) is 0 Å². The number of aromatic nitrogens is 2. The molecule has 2 N–H and O–H groups in total. The average molecular weight is 270 g/mol.